The van der Waals surface area contributed by atoms with Crippen LogP contribution < -0.4 is 5.32 Å². The summed E-state index contributed by atoms with van der Waals surface area (Å²) in [6.07, 6.45) is 1.22. The molecule has 5 nitrogen and oxygen atoms in total. The molecule has 0 aliphatic heterocycles. The lowest BCUT2D eigenvalue weighted by Crippen LogP contribution is -2.38. The Kier molecular flexibility index (Phi) is 8.07. The fraction of sp³-hybridized carbons (Fsp3) is 0.286. The molecule has 2 aromatic carbocycles. The molecule has 0 fully saturated rings. The Labute approximate surface area is 163 Å². The number of aryl methyl sites for hydroxylation is 1. The van der Waals surface area contributed by atoms with E-state index in [2.05, 4.69) is 5.32 Å². The van der Waals surface area contributed by atoms with Crippen LogP contribution in [-0.2, 0) is 20.8 Å². The second-order valence-corrected chi connectivity index (χ2v) is 7.41. The Morgan fingerprint density at radius 3 is 2.15 bits per heavy atom. The molecule has 6 heteroatoms. The smallest absolute Gasteiger partial charge is 0.330 e. The molecule has 2 N–H and O–H groups in total. The third-order valence-electron chi connectivity index (χ3n) is 4.15. The second kappa shape index (κ2) is 10.5. The van der Waals surface area contributed by atoms with Gasteiger partial charge in [-0.25, -0.2) is 4.79 Å². The largest absolute Gasteiger partial charge is 0.479 e. The summed E-state index contributed by atoms with van der Waals surface area (Å²) in [7, 11) is 0. The first kappa shape index (κ1) is 20.7. The molecule has 142 valence electrons. The molecule has 0 saturated heterocycles. The lowest BCUT2D eigenvalue weighted by atomic mass is 9.99. The molecule has 0 bridgehead atoms. The number of hydrogen-bond donors (Lipinski definition) is 2. The molecule has 27 heavy (non-hydrogen) atoms. The summed E-state index contributed by atoms with van der Waals surface area (Å²) in [6.45, 7) is 1.46. The molecule has 0 aliphatic rings. The van der Waals surface area contributed by atoms with Crippen LogP contribution in [0.2, 0.25) is 0 Å². The summed E-state index contributed by atoms with van der Waals surface area (Å²) in [5.74, 6) is -1.59. The molecular weight excluding hydrogens is 362 g/mol. The first-order chi connectivity index (χ1) is 13.0. The molecular formula is C21H23NO4S. The number of thioether (sulfide) groups is 1. The van der Waals surface area contributed by atoms with E-state index in [1.807, 2.05) is 30.3 Å². The molecule has 0 aromatic heterocycles. The summed E-state index contributed by atoms with van der Waals surface area (Å²) in [4.78, 5) is 35.7. The van der Waals surface area contributed by atoms with Gasteiger partial charge in [0.25, 0.3) is 0 Å². The van der Waals surface area contributed by atoms with E-state index in [9.17, 15) is 19.5 Å². The van der Waals surface area contributed by atoms with Crippen molar-refractivity contribution in [1.82, 2.24) is 5.32 Å². The van der Waals surface area contributed by atoms with Crippen LogP contribution in [0.25, 0.3) is 0 Å². The first-order valence-electron chi connectivity index (χ1n) is 8.72. The van der Waals surface area contributed by atoms with Crippen LogP contribution in [-0.4, -0.2) is 27.9 Å². The molecule has 2 rings (SSSR count). The molecule has 0 spiro atoms. The van der Waals surface area contributed by atoms with E-state index in [0.29, 0.717) is 24.2 Å². The van der Waals surface area contributed by atoms with Gasteiger partial charge in [-0.3, -0.25) is 9.59 Å². The number of hydrogen-bond acceptors (Lipinski definition) is 4. The molecule has 2 atom stereocenters. The van der Waals surface area contributed by atoms with Crippen LogP contribution in [0.4, 0.5) is 0 Å². The zero-order valence-corrected chi connectivity index (χ0v) is 15.9. The molecule has 0 saturated carbocycles. The quantitative estimate of drug-likeness (QED) is 0.691. The molecule has 0 heterocycles. The first-order valence-corrected chi connectivity index (χ1v) is 9.71. The lowest BCUT2D eigenvalue weighted by molar-refractivity contribution is -0.142. The Bertz CT molecular complexity index is 764. The van der Waals surface area contributed by atoms with Crippen molar-refractivity contribution in [1.29, 1.82) is 0 Å². The minimum atomic E-state index is -1.12. The van der Waals surface area contributed by atoms with Crippen molar-refractivity contribution in [2.75, 3.05) is 5.75 Å². The topological polar surface area (TPSA) is 83.5 Å². The van der Waals surface area contributed by atoms with Gasteiger partial charge in [-0.15, -0.1) is 0 Å². The summed E-state index contributed by atoms with van der Waals surface area (Å²) in [6, 6.07) is 17.2. The van der Waals surface area contributed by atoms with Gasteiger partial charge in [-0.2, -0.15) is 0 Å². The monoisotopic (exact) mass is 385 g/mol. The number of carboxylic acids is 1. The third-order valence-corrected chi connectivity index (χ3v) is 5.12. The Balaban J connectivity index is 2.08. The van der Waals surface area contributed by atoms with Gasteiger partial charge in [0.05, 0.1) is 0 Å². The van der Waals surface area contributed by atoms with Gasteiger partial charge in [0.2, 0.25) is 5.91 Å². The maximum Gasteiger partial charge on any atom is 0.330 e. The molecule has 2 aromatic rings. The number of carbonyl (C=O) groups is 3. The summed E-state index contributed by atoms with van der Waals surface area (Å²) >= 11 is 1.09. The molecule has 0 unspecified atom stereocenters. The average molecular weight is 385 g/mol. The van der Waals surface area contributed by atoms with Crippen LogP contribution in [0.5, 0.6) is 0 Å². The van der Waals surface area contributed by atoms with Gasteiger partial charge in [-0.05, 0) is 24.0 Å². The van der Waals surface area contributed by atoms with Crippen molar-refractivity contribution in [2.45, 2.75) is 25.8 Å². The van der Waals surface area contributed by atoms with Crippen molar-refractivity contribution in [3.05, 3.63) is 71.8 Å². The molecule has 1 amide bonds. The van der Waals surface area contributed by atoms with Gasteiger partial charge < -0.3 is 10.4 Å². The number of amides is 1. The van der Waals surface area contributed by atoms with Gasteiger partial charge in [0.15, 0.2) is 11.2 Å². The number of rotatable bonds is 9. The van der Waals surface area contributed by atoms with Crippen molar-refractivity contribution < 1.29 is 19.5 Å². The van der Waals surface area contributed by atoms with Crippen LogP contribution in [0.3, 0.4) is 0 Å². The van der Waals surface area contributed by atoms with E-state index >= 15 is 0 Å². The number of nitrogens with one attached hydrogen (secondary N) is 1. The summed E-state index contributed by atoms with van der Waals surface area (Å²) in [5, 5.41) is 12.1. The van der Waals surface area contributed by atoms with Crippen molar-refractivity contribution in [2.24, 2.45) is 5.92 Å². The number of carbonyl (C=O) groups excluding carboxylic acids is 2. The number of benzene rings is 2. The predicted octanol–water partition coefficient (Wildman–Crippen LogP) is 3.46. The zero-order chi connectivity index (χ0) is 19.6. The number of aliphatic carboxylic acids is 1. The molecule has 0 radical (unpaired) electrons. The van der Waals surface area contributed by atoms with E-state index in [4.69, 9.17) is 0 Å². The van der Waals surface area contributed by atoms with Gasteiger partial charge in [0.1, 0.15) is 0 Å². The fourth-order valence-corrected chi connectivity index (χ4v) is 3.44. The standard InChI is InChI=1S/C21H23NO4S/c1-15(23)27-14-18(13-12-16-8-4-2-5-9-16)20(24)22-19(21(25)26)17-10-6-3-7-11-17/h2-11,18-19H,12-14H2,1H3,(H,22,24)(H,25,26)/t18-,19+/m0/s1. The highest BCUT2D eigenvalue weighted by Gasteiger charge is 2.26. The van der Waals surface area contributed by atoms with Crippen LogP contribution in [0, 0.1) is 5.92 Å². The third kappa shape index (κ3) is 6.90. The maximum absolute atomic E-state index is 12.8. The van der Waals surface area contributed by atoms with Crippen LogP contribution in [0.1, 0.15) is 30.5 Å². The van der Waals surface area contributed by atoms with Crippen molar-refractivity contribution >= 4 is 28.8 Å². The predicted molar refractivity (Wildman–Crippen MR) is 106 cm³/mol. The zero-order valence-electron chi connectivity index (χ0n) is 15.1. The van der Waals surface area contributed by atoms with E-state index in [-0.39, 0.29) is 11.0 Å². The van der Waals surface area contributed by atoms with Gasteiger partial charge in [-0.1, -0.05) is 72.4 Å². The normalized spacial score (nSPS) is 12.8. The van der Waals surface area contributed by atoms with E-state index in [0.717, 1.165) is 17.3 Å². The minimum absolute atomic E-state index is 0.0645. The highest BCUT2D eigenvalue weighted by Crippen LogP contribution is 2.19. The van der Waals surface area contributed by atoms with E-state index in [1.165, 1.54) is 6.92 Å². The van der Waals surface area contributed by atoms with Gasteiger partial charge >= 0.3 is 5.97 Å². The minimum Gasteiger partial charge on any atom is -0.479 e. The maximum atomic E-state index is 12.8. The highest BCUT2D eigenvalue weighted by molar-refractivity contribution is 8.13. The summed E-state index contributed by atoms with van der Waals surface area (Å²) < 4.78 is 0. The van der Waals surface area contributed by atoms with Crippen LogP contribution >= 0.6 is 11.8 Å². The van der Waals surface area contributed by atoms with Gasteiger partial charge in [0, 0.05) is 18.6 Å². The average Bonchev–Trinajstić information content (AvgIpc) is 2.67. The highest BCUT2D eigenvalue weighted by atomic mass is 32.2. The van der Waals surface area contributed by atoms with Crippen molar-refractivity contribution in [3.63, 3.8) is 0 Å². The Morgan fingerprint density at radius 1 is 1.00 bits per heavy atom. The lowest BCUT2D eigenvalue weighted by Gasteiger charge is -2.20. The van der Waals surface area contributed by atoms with E-state index < -0.39 is 17.9 Å². The number of carboxylic acid groups (broad SMARTS) is 1. The van der Waals surface area contributed by atoms with Crippen molar-refractivity contribution in [3.8, 4) is 0 Å². The van der Waals surface area contributed by atoms with E-state index in [1.54, 1.807) is 30.3 Å². The Morgan fingerprint density at radius 2 is 1.59 bits per heavy atom. The summed E-state index contributed by atoms with van der Waals surface area (Å²) in [5.41, 5.74) is 1.61. The molecule has 0 aliphatic carbocycles. The fourth-order valence-electron chi connectivity index (χ4n) is 2.69. The SMILES string of the molecule is CC(=O)SC[C@H](CCc1ccccc1)C(=O)N[C@@H](C(=O)O)c1ccccc1. The van der Waals surface area contributed by atoms with Crippen LogP contribution in [0.15, 0.2) is 60.7 Å². The Hall–Kier alpha value is -2.60. The second-order valence-electron chi connectivity index (χ2n) is 6.21.